The van der Waals surface area contributed by atoms with Gasteiger partial charge in [0, 0.05) is 30.4 Å². The van der Waals surface area contributed by atoms with Gasteiger partial charge in [-0.2, -0.15) is 5.26 Å². The number of Topliss-reactive ketones (excluding diaryl/α,β-unsaturated/α-hetero) is 1. The molecule has 0 saturated heterocycles. The molecule has 27 heavy (non-hydrogen) atoms. The lowest BCUT2D eigenvalue weighted by molar-refractivity contribution is -0.119. The van der Waals surface area contributed by atoms with Gasteiger partial charge in [0.1, 0.15) is 11.5 Å². The van der Waals surface area contributed by atoms with Crippen molar-refractivity contribution >= 4 is 5.78 Å². The van der Waals surface area contributed by atoms with Gasteiger partial charge in [0.25, 0.3) is 0 Å². The van der Waals surface area contributed by atoms with Crippen LogP contribution in [-0.4, -0.2) is 12.4 Å². The molecule has 0 aliphatic heterocycles. The Labute approximate surface area is 162 Å². The van der Waals surface area contributed by atoms with Gasteiger partial charge >= 0.3 is 0 Å². The molecule has 0 bridgehead atoms. The van der Waals surface area contributed by atoms with E-state index in [9.17, 15) is 4.79 Å². The number of hydrogen-bond donors (Lipinski definition) is 0. The van der Waals surface area contributed by atoms with Gasteiger partial charge in [0.15, 0.2) is 0 Å². The SMILES string of the molecule is CCOc1ccc(C#Cc2ccc(CC(C)CC(=O)CCC#N)cc2)cc1. The summed E-state index contributed by atoms with van der Waals surface area (Å²) in [5, 5.41) is 8.54. The molecule has 0 saturated carbocycles. The normalized spacial score (nSPS) is 11.0. The minimum atomic E-state index is 0.168. The molecule has 0 amide bonds. The van der Waals surface area contributed by atoms with Crippen LogP contribution in [0.15, 0.2) is 48.5 Å². The number of carbonyl (C=O) groups is 1. The first-order chi connectivity index (χ1) is 13.1. The molecule has 3 nitrogen and oxygen atoms in total. The van der Waals surface area contributed by atoms with Crippen molar-refractivity contribution < 1.29 is 9.53 Å². The van der Waals surface area contributed by atoms with E-state index in [0.717, 1.165) is 23.3 Å². The van der Waals surface area contributed by atoms with Gasteiger partial charge in [0.05, 0.1) is 12.7 Å². The highest BCUT2D eigenvalue weighted by molar-refractivity contribution is 5.78. The van der Waals surface area contributed by atoms with E-state index in [1.807, 2.05) is 49.4 Å². The van der Waals surface area contributed by atoms with Crippen LogP contribution in [0.2, 0.25) is 0 Å². The molecule has 138 valence electrons. The first-order valence-electron chi connectivity index (χ1n) is 9.33. The van der Waals surface area contributed by atoms with E-state index < -0.39 is 0 Å². The van der Waals surface area contributed by atoms with E-state index in [-0.39, 0.29) is 11.7 Å². The summed E-state index contributed by atoms with van der Waals surface area (Å²) in [7, 11) is 0. The molecule has 0 aromatic heterocycles. The maximum absolute atomic E-state index is 11.8. The van der Waals surface area contributed by atoms with Crippen LogP contribution in [-0.2, 0) is 11.2 Å². The van der Waals surface area contributed by atoms with Crippen LogP contribution in [0.25, 0.3) is 0 Å². The molecule has 0 spiro atoms. The third-order valence-corrected chi connectivity index (χ3v) is 4.15. The van der Waals surface area contributed by atoms with Crippen LogP contribution < -0.4 is 4.74 Å². The Morgan fingerprint density at radius 2 is 1.63 bits per heavy atom. The third-order valence-electron chi connectivity index (χ3n) is 4.15. The molecular formula is C24H25NO2. The van der Waals surface area contributed by atoms with Crippen molar-refractivity contribution in [1.82, 2.24) is 0 Å². The van der Waals surface area contributed by atoms with Gasteiger partial charge in [-0.25, -0.2) is 0 Å². The zero-order valence-corrected chi connectivity index (χ0v) is 16.0. The number of benzene rings is 2. The second kappa shape index (κ2) is 10.8. The van der Waals surface area contributed by atoms with E-state index >= 15 is 0 Å². The fraction of sp³-hybridized carbons (Fsp3) is 0.333. The second-order valence-electron chi connectivity index (χ2n) is 6.61. The summed E-state index contributed by atoms with van der Waals surface area (Å²) in [6.07, 6.45) is 2.06. The lowest BCUT2D eigenvalue weighted by Crippen LogP contribution is -2.07. The maximum Gasteiger partial charge on any atom is 0.134 e. The first kappa shape index (κ1) is 20.3. The Balaban J connectivity index is 1.90. The molecule has 1 unspecified atom stereocenters. The molecule has 0 aliphatic rings. The number of ether oxygens (including phenoxy) is 1. The highest BCUT2D eigenvalue weighted by atomic mass is 16.5. The van der Waals surface area contributed by atoms with Crippen molar-refractivity contribution in [2.75, 3.05) is 6.61 Å². The fourth-order valence-corrected chi connectivity index (χ4v) is 2.83. The molecule has 0 N–H and O–H groups in total. The standard InChI is InChI=1S/C24H25NO2/c1-3-27-24-14-12-21(13-15-24)7-6-20-8-10-22(11-9-20)17-19(2)18-23(26)5-4-16-25/h8-15,19H,3-5,17-18H2,1-2H3. The van der Waals surface area contributed by atoms with Crippen molar-refractivity contribution in [3.8, 4) is 23.7 Å². The van der Waals surface area contributed by atoms with Gasteiger partial charge in [-0.3, -0.25) is 4.79 Å². The van der Waals surface area contributed by atoms with Crippen LogP contribution in [0, 0.1) is 29.1 Å². The Morgan fingerprint density at radius 1 is 1.04 bits per heavy atom. The quantitative estimate of drug-likeness (QED) is 0.628. The van der Waals surface area contributed by atoms with Crippen molar-refractivity contribution in [3.63, 3.8) is 0 Å². The summed E-state index contributed by atoms with van der Waals surface area (Å²) in [5.41, 5.74) is 3.11. The minimum absolute atomic E-state index is 0.168. The zero-order valence-electron chi connectivity index (χ0n) is 16.0. The van der Waals surface area contributed by atoms with Crippen molar-refractivity contribution in [2.45, 2.75) is 39.5 Å². The predicted octanol–water partition coefficient (Wildman–Crippen LogP) is 4.93. The molecule has 0 heterocycles. The minimum Gasteiger partial charge on any atom is -0.494 e. The Bertz CT molecular complexity index is 833. The Kier molecular flexibility index (Phi) is 8.14. The molecule has 0 radical (unpaired) electrons. The lowest BCUT2D eigenvalue weighted by Gasteiger charge is -2.10. The van der Waals surface area contributed by atoms with E-state index in [2.05, 4.69) is 30.9 Å². The summed E-state index contributed by atoms with van der Waals surface area (Å²) < 4.78 is 5.43. The van der Waals surface area contributed by atoms with Crippen molar-refractivity contribution in [1.29, 1.82) is 5.26 Å². The molecule has 0 fully saturated rings. The molecule has 2 rings (SSSR count). The molecule has 0 aliphatic carbocycles. The Hall–Kier alpha value is -3.04. The van der Waals surface area contributed by atoms with Crippen LogP contribution in [0.5, 0.6) is 5.75 Å². The predicted molar refractivity (Wildman–Crippen MR) is 107 cm³/mol. The first-order valence-corrected chi connectivity index (χ1v) is 9.33. The monoisotopic (exact) mass is 359 g/mol. The van der Waals surface area contributed by atoms with Crippen LogP contribution in [0.1, 0.15) is 49.8 Å². The van der Waals surface area contributed by atoms with E-state index in [0.29, 0.717) is 25.9 Å². The van der Waals surface area contributed by atoms with Crippen LogP contribution >= 0.6 is 0 Å². The summed E-state index contributed by atoms with van der Waals surface area (Å²) >= 11 is 0. The summed E-state index contributed by atoms with van der Waals surface area (Å²) in [5.74, 6) is 7.63. The summed E-state index contributed by atoms with van der Waals surface area (Å²) in [6.45, 7) is 4.69. The number of nitriles is 1. The smallest absolute Gasteiger partial charge is 0.134 e. The van der Waals surface area contributed by atoms with Gasteiger partial charge in [-0.15, -0.1) is 0 Å². The number of ketones is 1. The van der Waals surface area contributed by atoms with E-state index in [1.54, 1.807) is 0 Å². The van der Waals surface area contributed by atoms with E-state index in [1.165, 1.54) is 5.56 Å². The molecule has 2 aromatic carbocycles. The maximum atomic E-state index is 11.8. The fourth-order valence-electron chi connectivity index (χ4n) is 2.83. The summed E-state index contributed by atoms with van der Waals surface area (Å²) in [4.78, 5) is 11.8. The molecular weight excluding hydrogens is 334 g/mol. The van der Waals surface area contributed by atoms with Gasteiger partial charge < -0.3 is 4.74 Å². The largest absolute Gasteiger partial charge is 0.494 e. The highest BCUT2D eigenvalue weighted by Crippen LogP contribution is 2.15. The second-order valence-corrected chi connectivity index (χ2v) is 6.61. The van der Waals surface area contributed by atoms with Crippen LogP contribution in [0.3, 0.4) is 0 Å². The Morgan fingerprint density at radius 3 is 2.19 bits per heavy atom. The lowest BCUT2D eigenvalue weighted by atomic mass is 9.94. The number of rotatable bonds is 8. The average molecular weight is 359 g/mol. The molecule has 2 aromatic rings. The topological polar surface area (TPSA) is 50.1 Å². The highest BCUT2D eigenvalue weighted by Gasteiger charge is 2.09. The van der Waals surface area contributed by atoms with Crippen molar-refractivity contribution in [2.24, 2.45) is 5.92 Å². The number of nitrogens with zero attached hydrogens (tertiary/aromatic N) is 1. The van der Waals surface area contributed by atoms with Gasteiger partial charge in [0.2, 0.25) is 0 Å². The third kappa shape index (κ3) is 7.38. The number of carbonyl (C=O) groups excluding carboxylic acids is 1. The van der Waals surface area contributed by atoms with Gasteiger partial charge in [-0.1, -0.05) is 30.9 Å². The van der Waals surface area contributed by atoms with Gasteiger partial charge in [-0.05, 0) is 61.2 Å². The average Bonchev–Trinajstić information content (AvgIpc) is 2.67. The molecule has 1 atom stereocenters. The zero-order chi connectivity index (χ0) is 19.5. The van der Waals surface area contributed by atoms with E-state index in [4.69, 9.17) is 10.00 Å². The number of hydrogen-bond acceptors (Lipinski definition) is 3. The summed E-state index contributed by atoms with van der Waals surface area (Å²) in [6, 6.07) is 18.0. The molecule has 3 heteroatoms. The van der Waals surface area contributed by atoms with Crippen molar-refractivity contribution in [3.05, 3.63) is 65.2 Å². The van der Waals surface area contributed by atoms with Crippen LogP contribution in [0.4, 0.5) is 0 Å².